The van der Waals surface area contributed by atoms with Gasteiger partial charge in [-0.2, -0.15) is 13.2 Å². The summed E-state index contributed by atoms with van der Waals surface area (Å²) in [4.78, 5) is 4.34. The van der Waals surface area contributed by atoms with Gasteiger partial charge >= 0.3 is 6.18 Å². The second-order valence-electron chi connectivity index (χ2n) is 4.08. The Bertz CT molecular complexity index is 532. The van der Waals surface area contributed by atoms with Gasteiger partial charge in [-0.15, -0.1) is 11.3 Å². The first-order valence-corrected chi connectivity index (χ1v) is 7.53. The molecule has 19 heavy (non-hydrogen) atoms. The molecule has 102 valence electrons. The maximum Gasteiger partial charge on any atom is 0.389 e. The van der Waals surface area contributed by atoms with Crippen LogP contribution in [0.25, 0.3) is 11.3 Å². The summed E-state index contributed by atoms with van der Waals surface area (Å²) in [6.45, 7) is 2.00. The highest BCUT2D eigenvalue weighted by Crippen LogP contribution is 2.31. The van der Waals surface area contributed by atoms with E-state index in [0.717, 1.165) is 23.0 Å². The van der Waals surface area contributed by atoms with Crippen LogP contribution in [0.5, 0.6) is 0 Å². The predicted octanol–water partition coefficient (Wildman–Crippen LogP) is 5.16. The largest absolute Gasteiger partial charge is 0.389 e. The summed E-state index contributed by atoms with van der Waals surface area (Å²) in [6.07, 6.45) is -4.87. The molecule has 0 radical (unpaired) electrons. The van der Waals surface area contributed by atoms with Gasteiger partial charge in [0.05, 0.1) is 12.1 Å². The van der Waals surface area contributed by atoms with Gasteiger partial charge in [-0.05, 0) is 6.92 Å². The monoisotopic (exact) mass is 303 g/mol. The van der Waals surface area contributed by atoms with E-state index in [1.54, 1.807) is 0 Å². The maximum atomic E-state index is 12.0. The summed E-state index contributed by atoms with van der Waals surface area (Å²) in [5.41, 5.74) is 2.97. The number of aryl methyl sites for hydroxylation is 1. The fourth-order valence-corrected chi connectivity index (χ4v) is 3.32. The predicted molar refractivity (Wildman–Crippen MR) is 73.7 cm³/mol. The van der Waals surface area contributed by atoms with Crippen LogP contribution in [0.4, 0.5) is 13.2 Å². The lowest BCUT2D eigenvalue weighted by Crippen LogP contribution is -2.07. The summed E-state index contributed by atoms with van der Waals surface area (Å²) in [5.74, 6) is 0.0182. The van der Waals surface area contributed by atoms with Crippen LogP contribution < -0.4 is 0 Å². The summed E-state index contributed by atoms with van der Waals surface area (Å²) < 4.78 is 36.8. The van der Waals surface area contributed by atoms with Crippen molar-refractivity contribution in [1.29, 1.82) is 0 Å². The van der Waals surface area contributed by atoms with Gasteiger partial charge in [-0.3, -0.25) is 0 Å². The van der Waals surface area contributed by atoms with Crippen LogP contribution in [0.15, 0.2) is 34.0 Å². The molecule has 0 atom stereocenters. The van der Waals surface area contributed by atoms with Crippen LogP contribution >= 0.6 is 23.1 Å². The maximum absolute atomic E-state index is 12.0. The number of nitrogens with zero attached hydrogens (tertiary/aromatic N) is 1. The minimum atomic E-state index is -4.09. The molecule has 1 aromatic heterocycles. The number of halogens is 3. The van der Waals surface area contributed by atoms with Crippen molar-refractivity contribution in [2.24, 2.45) is 0 Å². The zero-order valence-electron chi connectivity index (χ0n) is 10.2. The summed E-state index contributed by atoms with van der Waals surface area (Å²) in [7, 11) is 0. The Morgan fingerprint density at radius 2 is 1.89 bits per heavy atom. The molecule has 0 unspecified atom stereocenters. The molecule has 1 aromatic carbocycles. The van der Waals surface area contributed by atoms with Crippen molar-refractivity contribution in [2.45, 2.75) is 23.9 Å². The van der Waals surface area contributed by atoms with Crippen molar-refractivity contribution >= 4 is 23.1 Å². The Labute approximate surface area is 117 Å². The van der Waals surface area contributed by atoms with Crippen molar-refractivity contribution in [3.05, 3.63) is 35.2 Å². The third-order valence-corrected chi connectivity index (χ3v) is 4.46. The van der Waals surface area contributed by atoms with E-state index in [0.29, 0.717) is 4.34 Å². The Hall–Kier alpha value is -1.01. The Morgan fingerprint density at radius 3 is 2.53 bits per heavy atom. The minimum Gasteiger partial charge on any atom is -0.230 e. The third-order valence-electron chi connectivity index (χ3n) is 2.44. The van der Waals surface area contributed by atoms with Gasteiger partial charge < -0.3 is 0 Å². The number of alkyl halides is 3. The van der Waals surface area contributed by atoms with E-state index in [1.807, 2.05) is 36.6 Å². The first-order chi connectivity index (χ1) is 8.94. The lowest BCUT2D eigenvalue weighted by Gasteiger charge is -2.03. The zero-order valence-corrected chi connectivity index (χ0v) is 11.8. The molecule has 0 amide bonds. The van der Waals surface area contributed by atoms with Gasteiger partial charge in [0.15, 0.2) is 4.34 Å². The van der Waals surface area contributed by atoms with E-state index in [1.165, 1.54) is 16.9 Å². The Morgan fingerprint density at radius 1 is 1.21 bits per heavy atom. The van der Waals surface area contributed by atoms with E-state index in [-0.39, 0.29) is 5.75 Å². The van der Waals surface area contributed by atoms with Gasteiger partial charge in [-0.1, -0.05) is 41.6 Å². The molecule has 1 heterocycles. The number of hydrogen-bond acceptors (Lipinski definition) is 3. The van der Waals surface area contributed by atoms with Gasteiger partial charge in [0, 0.05) is 16.7 Å². The number of aromatic nitrogens is 1. The Balaban J connectivity index is 1.97. The average molecular weight is 303 g/mol. The van der Waals surface area contributed by atoms with Crippen molar-refractivity contribution in [3.8, 4) is 11.3 Å². The van der Waals surface area contributed by atoms with Gasteiger partial charge in [-0.25, -0.2) is 4.98 Å². The van der Waals surface area contributed by atoms with E-state index in [2.05, 4.69) is 4.98 Å². The van der Waals surface area contributed by atoms with Crippen LogP contribution in [0.3, 0.4) is 0 Å². The first-order valence-electron chi connectivity index (χ1n) is 5.66. The van der Waals surface area contributed by atoms with Gasteiger partial charge in [0.25, 0.3) is 0 Å². The van der Waals surface area contributed by atoms with Crippen LogP contribution in [0.1, 0.15) is 12.0 Å². The fourth-order valence-electron chi connectivity index (χ4n) is 1.43. The fraction of sp³-hybridized carbons (Fsp3) is 0.308. The molecule has 0 aliphatic rings. The lowest BCUT2D eigenvalue weighted by molar-refractivity contribution is -0.129. The molecule has 0 saturated heterocycles. The molecule has 2 rings (SSSR count). The normalized spacial score (nSPS) is 11.8. The van der Waals surface area contributed by atoms with E-state index in [4.69, 9.17) is 0 Å². The first kappa shape index (κ1) is 14.4. The smallest absolute Gasteiger partial charge is 0.230 e. The number of benzene rings is 1. The lowest BCUT2D eigenvalue weighted by atomic mass is 10.1. The molecule has 0 spiro atoms. The molecule has 0 N–H and O–H groups in total. The highest BCUT2D eigenvalue weighted by Gasteiger charge is 2.26. The molecule has 0 bridgehead atoms. The topological polar surface area (TPSA) is 12.9 Å². The van der Waals surface area contributed by atoms with Crippen LogP contribution in [0, 0.1) is 6.92 Å². The van der Waals surface area contributed by atoms with E-state index in [9.17, 15) is 13.2 Å². The molecule has 0 saturated carbocycles. The molecule has 6 heteroatoms. The Kier molecular flexibility index (Phi) is 4.52. The average Bonchev–Trinajstić information content (AvgIpc) is 2.77. The highest BCUT2D eigenvalue weighted by atomic mass is 32.2. The van der Waals surface area contributed by atoms with Gasteiger partial charge in [0.1, 0.15) is 0 Å². The van der Waals surface area contributed by atoms with Crippen molar-refractivity contribution in [2.75, 3.05) is 5.75 Å². The number of rotatable bonds is 4. The summed E-state index contributed by atoms with van der Waals surface area (Å²) >= 11 is 2.54. The highest BCUT2D eigenvalue weighted by molar-refractivity contribution is 8.01. The van der Waals surface area contributed by atoms with Crippen molar-refractivity contribution in [3.63, 3.8) is 0 Å². The number of hydrogen-bond donors (Lipinski definition) is 0. The van der Waals surface area contributed by atoms with Crippen molar-refractivity contribution in [1.82, 2.24) is 4.98 Å². The van der Waals surface area contributed by atoms with E-state index < -0.39 is 12.6 Å². The molecular weight excluding hydrogens is 291 g/mol. The SMILES string of the molecule is Cc1ccc(-c2csc(SCCC(F)(F)F)n2)cc1. The van der Waals surface area contributed by atoms with Gasteiger partial charge in [0.2, 0.25) is 0 Å². The van der Waals surface area contributed by atoms with Crippen LogP contribution in [-0.4, -0.2) is 16.9 Å². The molecule has 1 nitrogen and oxygen atoms in total. The second-order valence-corrected chi connectivity index (χ2v) is 6.28. The second kappa shape index (κ2) is 5.96. The van der Waals surface area contributed by atoms with Crippen LogP contribution in [-0.2, 0) is 0 Å². The number of thiazole rings is 1. The summed E-state index contributed by atoms with van der Waals surface area (Å²) in [5, 5.41) is 1.88. The summed E-state index contributed by atoms with van der Waals surface area (Å²) in [6, 6.07) is 7.92. The standard InChI is InChI=1S/C13H12F3NS2/c1-9-2-4-10(5-3-9)11-8-19-12(17-11)18-7-6-13(14,15)16/h2-5,8H,6-7H2,1H3. The minimum absolute atomic E-state index is 0.0182. The molecule has 2 aromatic rings. The van der Waals surface area contributed by atoms with E-state index >= 15 is 0 Å². The zero-order chi connectivity index (χ0) is 13.9. The third kappa shape index (κ3) is 4.54. The van der Waals surface area contributed by atoms with Crippen LogP contribution in [0.2, 0.25) is 0 Å². The quantitative estimate of drug-likeness (QED) is 0.723. The molecule has 0 fully saturated rings. The van der Waals surface area contributed by atoms with Crippen molar-refractivity contribution < 1.29 is 13.2 Å². The molecule has 0 aliphatic carbocycles. The number of thioether (sulfide) groups is 1. The molecule has 0 aliphatic heterocycles. The molecular formula is C13H12F3NS2.